The van der Waals surface area contributed by atoms with Gasteiger partial charge in [-0.25, -0.2) is 4.68 Å². The van der Waals surface area contributed by atoms with Crippen molar-refractivity contribution in [2.45, 2.75) is 32.0 Å². The molecule has 0 saturated carbocycles. The van der Waals surface area contributed by atoms with E-state index in [0.29, 0.717) is 18.2 Å². The van der Waals surface area contributed by atoms with Gasteiger partial charge in [-0.2, -0.15) is 5.26 Å². The Labute approximate surface area is 167 Å². The zero-order valence-corrected chi connectivity index (χ0v) is 16.5. The minimum atomic E-state index is -0.0993. The maximum atomic E-state index is 12.9. The van der Waals surface area contributed by atoms with Gasteiger partial charge in [0.15, 0.2) is 0 Å². The molecule has 8 nitrogen and oxygen atoms in total. The number of carbonyl (C=O) groups is 1. The highest BCUT2D eigenvalue weighted by atomic mass is 32.2. The van der Waals surface area contributed by atoms with E-state index in [1.54, 1.807) is 21.9 Å². The maximum absolute atomic E-state index is 12.9. The molecule has 2 heterocycles. The average molecular weight is 396 g/mol. The molecule has 0 atom stereocenters. The number of benzene rings is 1. The van der Waals surface area contributed by atoms with Crippen molar-refractivity contribution in [3.63, 3.8) is 0 Å². The lowest BCUT2D eigenvalue weighted by atomic mass is 10.1. The summed E-state index contributed by atoms with van der Waals surface area (Å²) in [7, 11) is 0. The van der Waals surface area contributed by atoms with Crippen molar-refractivity contribution in [2.75, 3.05) is 17.2 Å². The van der Waals surface area contributed by atoms with Crippen molar-refractivity contribution in [1.29, 1.82) is 5.26 Å². The molecule has 0 radical (unpaired) electrons. The molecule has 0 N–H and O–H groups in total. The summed E-state index contributed by atoms with van der Waals surface area (Å²) in [4.78, 5) is 14.5. The second kappa shape index (κ2) is 9.19. The second-order valence-electron chi connectivity index (χ2n) is 6.29. The van der Waals surface area contributed by atoms with Crippen LogP contribution in [0.4, 0.5) is 5.69 Å². The number of hydrogen-bond donors (Lipinski definition) is 0. The molecule has 3 rings (SSSR count). The number of thioether (sulfide) groups is 1. The quantitative estimate of drug-likeness (QED) is 0.540. The molecule has 0 spiro atoms. The molecule has 9 heteroatoms. The van der Waals surface area contributed by atoms with E-state index in [4.69, 9.17) is 9.68 Å². The Kier molecular flexibility index (Phi) is 6.45. The highest BCUT2D eigenvalue weighted by molar-refractivity contribution is 7.99. The predicted octanol–water partition coefficient (Wildman–Crippen LogP) is 2.97. The van der Waals surface area contributed by atoms with Gasteiger partial charge in [0.2, 0.25) is 11.1 Å². The van der Waals surface area contributed by atoms with Crippen LogP contribution >= 0.6 is 11.8 Å². The van der Waals surface area contributed by atoms with E-state index in [9.17, 15) is 4.79 Å². The SMILES string of the molecule is Cc1cc(C)cc(N(CCC#N)C(=O)CSc2nnnn2Cc2ccco2)c1. The van der Waals surface area contributed by atoms with Gasteiger partial charge >= 0.3 is 0 Å². The average Bonchev–Trinajstić information content (AvgIpc) is 3.32. The number of hydrogen-bond acceptors (Lipinski definition) is 7. The molecule has 0 bridgehead atoms. The van der Waals surface area contributed by atoms with Crippen molar-refractivity contribution in [2.24, 2.45) is 0 Å². The van der Waals surface area contributed by atoms with Crippen LogP contribution < -0.4 is 4.90 Å². The molecule has 3 aromatic rings. The Morgan fingerprint density at radius 1 is 1.32 bits per heavy atom. The molecular weight excluding hydrogens is 376 g/mol. The van der Waals surface area contributed by atoms with E-state index in [0.717, 1.165) is 22.6 Å². The van der Waals surface area contributed by atoms with E-state index in [1.165, 1.54) is 11.8 Å². The summed E-state index contributed by atoms with van der Waals surface area (Å²) in [6.07, 6.45) is 1.85. The number of anilines is 1. The van der Waals surface area contributed by atoms with Crippen molar-refractivity contribution in [1.82, 2.24) is 20.2 Å². The third-order valence-corrected chi connectivity index (χ3v) is 4.92. The van der Waals surface area contributed by atoms with Gasteiger partial charge in [-0.3, -0.25) is 4.79 Å². The van der Waals surface area contributed by atoms with Crippen LogP contribution in [-0.2, 0) is 11.3 Å². The van der Waals surface area contributed by atoms with Crippen LogP contribution in [0.1, 0.15) is 23.3 Å². The first-order valence-corrected chi connectivity index (χ1v) is 9.72. The topological polar surface area (TPSA) is 101 Å². The molecule has 0 aliphatic heterocycles. The van der Waals surface area contributed by atoms with E-state index in [-0.39, 0.29) is 18.1 Å². The largest absolute Gasteiger partial charge is 0.467 e. The second-order valence-corrected chi connectivity index (χ2v) is 7.23. The van der Waals surface area contributed by atoms with Crippen molar-refractivity contribution in [3.05, 3.63) is 53.5 Å². The summed E-state index contributed by atoms with van der Waals surface area (Å²) in [6, 6.07) is 11.7. The fourth-order valence-corrected chi connectivity index (χ4v) is 3.57. The highest BCUT2D eigenvalue weighted by Gasteiger charge is 2.18. The van der Waals surface area contributed by atoms with Gasteiger partial charge in [0.25, 0.3) is 0 Å². The molecule has 1 amide bonds. The lowest BCUT2D eigenvalue weighted by Crippen LogP contribution is -2.33. The molecule has 0 saturated heterocycles. The molecule has 0 unspecified atom stereocenters. The van der Waals surface area contributed by atoms with Crippen molar-refractivity contribution < 1.29 is 9.21 Å². The Morgan fingerprint density at radius 2 is 2.11 bits per heavy atom. The Morgan fingerprint density at radius 3 is 2.79 bits per heavy atom. The fraction of sp³-hybridized carbons (Fsp3) is 0.316. The van der Waals surface area contributed by atoms with Crippen LogP contribution in [0.5, 0.6) is 0 Å². The van der Waals surface area contributed by atoms with Gasteiger partial charge < -0.3 is 9.32 Å². The number of aryl methyl sites for hydroxylation is 2. The number of tetrazole rings is 1. The first-order valence-electron chi connectivity index (χ1n) is 8.74. The summed E-state index contributed by atoms with van der Waals surface area (Å²) in [5.74, 6) is 0.792. The fourth-order valence-electron chi connectivity index (χ4n) is 2.82. The molecule has 0 aliphatic rings. The van der Waals surface area contributed by atoms with E-state index >= 15 is 0 Å². The molecule has 1 aromatic carbocycles. The minimum Gasteiger partial charge on any atom is -0.467 e. The van der Waals surface area contributed by atoms with Crippen LogP contribution in [0.2, 0.25) is 0 Å². The van der Waals surface area contributed by atoms with Crippen LogP contribution in [0, 0.1) is 25.2 Å². The van der Waals surface area contributed by atoms with E-state index in [1.807, 2.05) is 38.1 Å². The zero-order chi connectivity index (χ0) is 19.9. The van der Waals surface area contributed by atoms with Gasteiger partial charge in [0.1, 0.15) is 12.3 Å². The lowest BCUT2D eigenvalue weighted by molar-refractivity contribution is -0.116. The van der Waals surface area contributed by atoms with E-state index in [2.05, 4.69) is 21.6 Å². The van der Waals surface area contributed by atoms with Crippen LogP contribution in [0.3, 0.4) is 0 Å². The summed E-state index contributed by atoms with van der Waals surface area (Å²) in [6.45, 7) is 4.71. The Bertz CT molecular complexity index is 956. The molecule has 0 aliphatic carbocycles. The van der Waals surface area contributed by atoms with Crippen molar-refractivity contribution >= 4 is 23.4 Å². The highest BCUT2D eigenvalue weighted by Crippen LogP contribution is 2.22. The van der Waals surface area contributed by atoms with Gasteiger partial charge in [-0.1, -0.05) is 17.8 Å². The summed E-state index contributed by atoms with van der Waals surface area (Å²) in [5.41, 5.74) is 2.94. The smallest absolute Gasteiger partial charge is 0.237 e. The van der Waals surface area contributed by atoms with Gasteiger partial charge in [-0.15, -0.1) is 5.10 Å². The lowest BCUT2D eigenvalue weighted by Gasteiger charge is -2.22. The summed E-state index contributed by atoms with van der Waals surface area (Å²) in [5, 5.41) is 21.1. The first kappa shape index (κ1) is 19.6. The number of rotatable bonds is 8. The third kappa shape index (κ3) is 4.98. The summed E-state index contributed by atoms with van der Waals surface area (Å²) >= 11 is 1.26. The first-order chi connectivity index (χ1) is 13.6. The number of nitrogens with zero attached hydrogens (tertiary/aromatic N) is 6. The molecule has 28 heavy (non-hydrogen) atoms. The van der Waals surface area contributed by atoms with Crippen LogP contribution in [0.25, 0.3) is 0 Å². The number of nitriles is 1. The summed E-state index contributed by atoms with van der Waals surface area (Å²) < 4.78 is 6.91. The van der Waals surface area contributed by atoms with Gasteiger partial charge in [0, 0.05) is 12.2 Å². The molecule has 2 aromatic heterocycles. The Balaban J connectivity index is 1.71. The molecule has 144 valence electrons. The minimum absolute atomic E-state index is 0.0993. The third-order valence-electron chi connectivity index (χ3n) is 3.98. The maximum Gasteiger partial charge on any atom is 0.237 e. The molecular formula is C19H20N6O2S. The van der Waals surface area contributed by atoms with Crippen molar-refractivity contribution in [3.8, 4) is 6.07 Å². The molecule has 0 fully saturated rings. The van der Waals surface area contributed by atoms with Crippen LogP contribution in [-0.4, -0.2) is 38.4 Å². The zero-order valence-electron chi connectivity index (χ0n) is 15.7. The van der Waals surface area contributed by atoms with Gasteiger partial charge in [-0.05, 0) is 59.7 Å². The number of amides is 1. The number of aromatic nitrogens is 4. The normalized spacial score (nSPS) is 10.6. The predicted molar refractivity (Wildman–Crippen MR) is 105 cm³/mol. The van der Waals surface area contributed by atoms with E-state index < -0.39 is 0 Å². The number of furan rings is 1. The standard InChI is InChI=1S/C19H20N6O2S/c1-14-9-15(2)11-16(10-14)24(7-4-6-20)18(26)13-28-19-21-22-23-25(19)12-17-5-3-8-27-17/h3,5,8-11H,4,7,12-13H2,1-2H3. The number of carbonyl (C=O) groups excluding carboxylic acids is 1. The Hall–Kier alpha value is -3.12. The van der Waals surface area contributed by atoms with Crippen LogP contribution in [0.15, 0.2) is 46.2 Å². The van der Waals surface area contributed by atoms with Gasteiger partial charge in [0.05, 0.1) is 24.5 Å². The monoisotopic (exact) mass is 396 g/mol.